The van der Waals surface area contributed by atoms with Crippen molar-refractivity contribution in [2.75, 3.05) is 25.2 Å². The van der Waals surface area contributed by atoms with E-state index in [0.29, 0.717) is 24.3 Å². The Labute approximate surface area is 165 Å². The first kappa shape index (κ1) is 20.2. The molecule has 3 rings (SSSR count). The number of ether oxygens (including phenoxy) is 2. The monoisotopic (exact) mass is 388 g/mol. The number of esters is 1. The van der Waals surface area contributed by atoms with Crippen molar-refractivity contribution >= 4 is 23.5 Å². The third kappa shape index (κ3) is 3.84. The van der Waals surface area contributed by atoms with Crippen LogP contribution in [0.5, 0.6) is 5.75 Å². The minimum Gasteiger partial charge on any atom is -0.495 e. The maximum absolute atomic E-state index is 12.9. The lowest BCUT2D eigenvalue weighted by Gasteiger charge is -2.29. The molecular formula is C21H28N2O5. The number of methoxy groups -OCH3 is 1. The molecule has 28 heavy (non-hydrogen) atoms. The number of amides is 2. The molecule has 152 valence electrons. The molecule has 1 saturated carbocycles. The van der Waals surface area contributed by atoms with Crippen LogP contribution >= 0.6 is 0 Å². The molecule has 1 saturated heterocycles. The molecule has 1 N–H and O–H groups in total. The predicted octanol–water partition coefficient (Wildman–Crippen LogP) is 2.35. The maximum Gasteiger partial charge on any atom is 0.331 e. The topological polar surface area (TPSA) is 84.9 Å². The van der Waals surface area contributed by atoms with Gasteiger partial charge in [0.05, 0.1) is 25.3 Å². The lowest BCUT2D eigenvalue weighted by atomic mass is 9.95. The smallest absolute Gasteiger partial charge is 0.331 e. The summed E-state index contributed by atoms with van der Waals surface area (Å²) in [5.41, 5.74) is 0.720. The van der Waals surface area contributed by atoms with Gasteiger partial charge in [0.25, 0.3) is 0 Å². The van der Waals surface area contributed by atoms with Crippen molar-refractivity contribution < 1.29 is 23.9 Å². The summed E-state index contributed by atoms with van der Waals surface area (Å²) in [5.74, 6) is -0.677. The zero-order valence-corrected chi connectivity index (χ0v) is 16.7. The average molecular weight is 388 g/mol. The fourth-order valence-electron chi connectivity index (χ4n) is 4.09. The minimum absolute atomic E-state index is 0.113. The standard InChI is InChI=1S/C21H28N2O5/c1-4-28-20(26)21(9-5-6-10-21)22-19(25)15-12-18(24)23(13-15)16-11-14(2)7-8-17(16)27-3/h7-8,11,15H,4-6,9-10,12-13H2,1-3H3,(H,22,25)/t15-/m1/s1. The molecule has 2 amide bonds. The lowest BCUT2D eigenvalue weighted by Crippen LogP contribution is -2.55. The average Bonchev–Trinajstić information content (AvgIpc) is 3.29. The molecule has 1 heterocycles. The molecule has 0 spiro atoms. The summed E-state index contributed by atoms with van der Waals surface area (Å²) in [6, 6.07) is 5.62. The van der Waals surface area contributed by atoms with Gasteiger partial charge in [0, 0.05) is 13.0 Å². The van der Waals surface area contributed by atoms with E-state index < -0.39 is 11.5 Å². The van der Waals surface area contributed by atoms with Gasteiger partial charge in [-0.3, -0.25) is 9.59 Å². The van der Waals surface area contributed by atoms with E-state index in [4.69, 9.17) is 9.47 Å². The van der Waals surface area contributed by atoms with E-state index >= 15 is 0 Å². The van der Waals surface area contributed by atoms with Gasteiger partial charge in [0.15, 0.2) is 0 Å². The first-order valence-corrected chi connectivity index (χ1v) is 9.84. The second-order valence-corrected chi connectivity index (χ2v) is 7.58. The number of carbonyl (C=O) groups is 3. The Morgan fingerprint density at radius 3 is 2.64 bits per heavy atom. The van der Waals surface area contributed by atoms with E-state index in [1.807, 2.05) is 25.1 Å². The molecule has 1 aromatic rings. The van der Waals surface area contributed by atoms with Gasteiger partial charge in [-0.25, -0.2) is 4.79 Å². The van der Waals surface area contributed by atoms with Crippen molar-refractivity contribution in [2.24, 2.45) is 5.92 Å². The normalized spacial score (nSPS) is 20.9. The van der Waals surface area contributed by atoms with E-state index in [-0.39, 0.29) is 37.4 Å². The van der Waals surface area contributed by atoms with Gasteiger partial charge in [-0.1, -0.05) is 18.9 Å². The molecular weight excluding hydrogens is 360 g/mol. The van der Waals surface area contributed by atoms with Crippen LogP contribution in [0.25, 0.3) is 0 Å². The Hall–Kier alpha value is -2.57. The van der Waals surface area contributed by atoms with Gasteiger partial charge in [-0.05, 0) is 44.4 Å². The number of rotatable bonds is 6. The molecule has 0 bridgehead atoms. The van der Waals surface area contributed by atoms with Gasteiger partial charge in [-0.2, -0.15) is 0 Å². The van der Waals surface area contributed by atoms with Crippen molar-refractivity contribution in [2.45, 2.75) is 51.5 Å². The van der Waals surface area contributed by atoms with E-state index in [1.165, 1.54) is 0 Å². The molecule has 2 aliphatic rings. The van der Waals surface area contributed by atoms with Crippen molar-refractivity contribution in [1.82, 2.24) is 5.32 Å². The highest BCUT2D eigenvalue weighted by molar-refractivity contribution is 6.02. The fourth-order valence-corrected chi connectivity index (χ4v) is 4.09. The summed E-state index contributed by atoms with van der Waals surface area (Å²) in [4.78, 5) is 39.6. The SMILES string of the molecule is CCOC(=O)C1(NC(=O)[C@@H]2CC(=O)N(c3cc(C)ccc3OC)C2)CCCC1. The number of nitrogens with zero attached hydrogens (tertiary/aromatic N) is 1. The molecule has 1 atom stereocenters. The molecule has 7 heteroatoms. The summed E-state index contributed by atoms with van der Waals surface area (Å²) in [6.45, 7) is 4.24. The number of carbonyl (C=O) groups excluding carboxylic acids is 3. The minimum atomic E-state index is -0.954. The first-order valence-electron chi connectivity index (χ1n) is 9.84. The number of anilines is 1. The highest BCUT2D eigenvalue weighted by atomic mass is 16.5. The van der Waals surface area contributed by atoms with Gasteiger partial charge in [-0.15, -0.1) is 0 Å². The molecule has 1 aliphatic carbocycles. The number of hydrogen-bond donors (Lipinski definition) is 1. The number of hydrogen-bond acceptors (Lipinski definition) is 5. The number of aryl methyl sites for hydroxylation is 1. The van der Waals surface area contributed by atoms with E-state index in [1.54, 1.807) is 18.9 Å². The highest BCUT2D eigenvalue weighted by Crippen LogP contribution is 2.35. The molecule has 0 unspecified atom stereocenters. The van der Waals surface area contributed by atoms with Crippen LogP contribution in [0.2, 0.25) is 0 Å². The second kappa shape index (κ2) is 8.20. The lowest BCUT2D eigenvalue weighted by molar-refractivity contribution is -0.153. The van der Waals surface area contributed by atoms with E-state index in [9.17, 15) is 14.4 Å². The second-order valence-electron chi connectivity index (χ2n) is 7.58. The molecule has 7 nitrogen and oxygen atoms in total. The van der Waals surface area contributed by atoms with Crippen molar-refractivity contribution in [3.05, 3.63) is 23.8 Å². The summed E-state index contributed by atoms with van der Waals surface area (Å²) in [7, 11) is 1.56. The van der Waals surface area contributed by atoms with Crippen molar-refractivity contribution in [3.63, 3.8) is 0 Å². The van der Waals surface area contributed by atoms with Crippen LogP contribution < -0.4 is 15.0 Å². The first-order chi connectivity index (χ1) is 13.4. The number of nitrogens with one attached hydrogen (secondary N) is 1. The Morgan fingerprint density at radius 1 is 1.29 bits per heavy atom. The van der Waals surface area contributed by atoms with Crippen LogP contribution in [0.4, 0.5) is 5.69 Å². The van der Waals surface area contributed by atoms with Crippen molar-refractivity contribution in [3.8, 4) is 5.75 Å². The van der Waals surface area contributed by atoms with E-state index in [2.05, 4.69) is 5.32 Å². The van der Waals surface area contributed by atoms with Gasteiger partial charge < -0.3 is 19.7 Å². The Bertz CT molecular complexity index is 770. The zero-order valence-electron chi connectivity index (χ0n) is 16.7. The Kier molecular flexibility index (Phi) is 5.91. The van der Waals surface area contributed by atoms with Crippen LogP contribution in [0.15, 0.2) is 18.2 Å². The zero-order chi connectivity index (χ0) is 20.3. The Balaban J connectivity index is 1.75. The molecule has 2 fully saturated rings. The van der Waals surface area contributed by atoms with Crippen LogP contribution in [0, 0.1) is 12.8 Å². The van der Waals surface area contributed by atoms with Crippen LogP contribution in [-0.4, -0.2) is 43.6 Å². The van der Waals surface area contributed by atoms with Crippen molar-refractivity contribution in [1.29, 1.82) is 0 Å². The number of benzene rings is 1. The molecule has 0 aromatic heterocycles. The van der Waals surface area contributed by atoms with Crippen LogP contribution in [0.3, 0.4) is 0 Å². The summed E-state index contributed by atoms with van der Waals surface area (Å²) in [6.07, 6.45) is 3.01. The predicted molar refractivity (Wildman–Crippen MR) is 104 cm³/mol. The third-order valence-corrected chi connectivity index (χ3v) is 5.61. The Morgan fingerprint density at radius 2 is 2.00 bits per heavy atom. The third-order valence-electron chi connectivity index (χ3n) is 5.61. The van der Waals surface area contributed by atoms with Crippen LogP contribution in [0.1, 0.15) is 44.6 Å². The fraction of sp³-hybridized carbons (Fsp3) is 0.571. The summed E-state index contributed by atoms with van der Waals surface area (Å²) >= 11 is 0. The highest BCUT2D eigenvalue weighted by Gasteiger charge is 2.46. The summed E-state index contributed by atoms with van der Waals surface area (Å²) in [5, 5.41) is 2.93. The quantitative estimate of drug-likeness (QED) is 0.756. The molecule has 0 radical (unpaired) electrons. The molecule has 1 aliphatic heterocycles. The maximum atomic E-state index is 12.9. The summed E-state index contributed by atoms with van der Waals surface area (Å²) < 4.78 is 10.6. The van der Waals surface area contributed by atoms with Gasteiger partial charge in [0.2, 0.25) is 11.8 Å². The van der Waals surface area contributed by atoms with Gasteiger partial charge >= 0.3 is 5.97 Å². The van der Waals surface area contributed by atoms with Crippen LogP contribution in [-0.2, 0) is 19.1 Å². The molecule has 1 aromatic carbocycles. The van der Waals surface area contributed by atoms with E-state index in [0.717, 1.165) is 18.4 Å². The largest absolute Gasteiger partial charge is 0.495 e. The van der Waals surface area contributed by atoms with Gasteiger partial charge in [0.1, 0.15) is 11.3 Å².